The molecule has 2 heterocycles. The van der Waals surface area contributed by atoms with Crippen LogP contribution in [0.4, 0.5) is 0 Å². The smallest absolute Gasteiger partial charge is 0.203 e. The van der Waals surface area contributed by atoms with Crippen LogP contribution in [-0.2, 0) is 6.54 Å². The molecule has 1 aliphatic carbocycles. The second-order valence-corrected chi connectivity index (χ2v) is 7.73. The summed E-state index contributed by atoms with van der Waals surface area (Å²) in [6.07, 6.45) is 3.85. The van der Waals surface area contributed by atoms with Crippen LogP contribution < -0.4 is 14.2 Å². The van der Waals surface area contributed by atoms with Crippen LogP contribution in [0.1, 0.15) is 36.3 Å². The lowest BCUT2D eigenvalue weighted by Crippen LogP contribution is -2.51. The van der Waals surface area contributed by atoms with Crippen LogP contribution >= 0.6 is 0 Å². The fourth-order valence-corrected chi connectivity index (χ4v) is 4.99. The summed E-state index contributed by atoms with van der Waals surface area (Å²) in [5, 5.41) is 0. The minimum Gasteiger partial charge on any atom is -0.493 e. The van der Waals surface area contributed by atoms with E-state index < -0.39 is 0 Å². The maximum absolute atomic E-state index is 5.59. The number of nitrogens with zero attached hydrogens (tertiary/aromatic N) is 1. The van der Waals surface area contributed by atoms with Crippen molar-refractivity contribution in [3.05, 3.63) is 53.6 Å². The third-order valence-electron chi connectivity index (χ3n) is 6.23. The van der Waals surface area contributed by atoms with Crippen molar-refractivity contribution in [3.8, 4) is 17.2 Å². The molecule has 0 N–H and O–H groups in total. The number of hydrogen-bond donors (Lipinski definition) is 0. The first-order valence-corrected chi connectivity index (χ1v) is 9.81. The van der Waals surface area contributed by atoms with Crippen molar-refractivity contribution in [2.75, 3.05) is 27.9 Å². The molecule has 144 valence electrons. The van der Waals surface area contributed by atoms with Crippen LogP contribution in [0.15, 0.2) is 42.5 Å². The Morgan fingerprint density at radius 2 is 1.63 bits per heavy atom. The minimum atomic E-state index is 0.509. The first-order chi connectivity index (χ1) is 13.2. The lowest BCUT2D eigenvalue weighted by molar-refractivity contribution is 0.0237. The molecule has 27 heavy (non-hydrogen) atoms. The minimum absolute atomic E-state index is 0.509. The Balaban J connectivity index is 1.63. The van der Waals surface area contributed by atoms with Gasteiger partial charge in [0.05, 0.1) is 21.3 Å². The van der Waals surface area contributed by atoms with Gasteiger partial charge in [-0.3, -0.25) is 4.90 Å². The normalized spacial score (nSPS) is 24.6. The maximum Gasteiger partial charge on any atom is 0.203 e. The van der Waals surface area contributed by atoms with E-state index in [4.69, 9.17) is 14.2 Å². The van der Waals surface area contributed by atoms with Gasteiger partial charge in [-0.25, -0.2) is 0 Å². The molecule has 0 spiro atoms. The Morgan fingerprint density at radius 1 is 0.926 bits per heavy atom. The molecule has 2 aromatic rings. The van der Waals surface area contributed by atoms with Crippen LogP contribution in [0, 0.1) is 5.92 Å². The summed E-state index contributed by atoms with van der Waals surface area (Å²) in [7, 11) is 5.04. The summed E-state index contributed by atoms with van der Waals surface area (Å²) in [4.78, 5) is 2.68. The van der Waals surface area contributed by atoms with Gasteiger partial charge in [-0.1, -0.05) is 30.3 Å². The first-order valence-electron chi connectivity index (χ1n) is 9.81. The van der Waals surface area contributed by atoms with Crippen LogP contribution in [0.3, 0.4) is 0 Å². The van der Waals surface area contributed by atoms with Gasteiger partial charge in [0.1, 0.15) is 0 Å². The number of fused-ring (bicyclic) bond motifs is 3. The molecule has 3 aliphatic rings. The predicted octanol–water partition coefficient (Wildman–Crippen LogP) is 4.48. The Kier molecular flexibility index (Phi) is 5.26. The van der Waals surface area contributed by atoms with Gasteiger partial charge in [-0.15, -0.1) is 0 Å². The molecule has 2 aliphatic heterocycles. The molecule has 2 saturated heterocycles. The number of benzene rings is 2. The third-order valence-corrected chi connectivity index (χ3v) is 6.23. The second kappa shape index (κ2) is 7.81. The van der Waals surface area contributed by atoms with E-state index in [0.29, 0.717) is 17.7 Å². The molecular weight excluding hydrogens is 338 g/mol. The van der Waals surface area contributed by atoms with Gasteiger partial charge in [0.15, 0.2) is 11.5 Å². The molecule has 3 atom stereocenters. The van der Waals surface area contributed by atoms with Crippen molar-refractivity contribution in [1.29, 1.82) is 0 Å². The van der Waals surface area contributed by atoms with Gasteiger partial charge >= 0.3 is 0 Å². The highest BCUT2D eigenvalue weighted by molar-refractivity contribution is 5.54. The highest BCUT2D eigenvalue weighted by Crippen LogP contribution is 2.48. The number of rotatable bonds is 6. The molecule has 0 aromatic heterocycles. The zero-order valence-electron chi connectivity index (χ0n) is 16.5. The first kappa shape index (κ1) is 18.2. The zero-order valence-corrected chi connectivity index (χ0v) is 16.5. The van der Waals surface area contributed by atoms with Crippen LogP contribution in [0.2, 0.25) is 0 Å². The van der Waals surface area contributed by atoms with E-state index in [0.717, 1.165) is 24.0 Å². The average molecular weight is 367 g/mol. The van der Waals surface area contributed by atoms with Crippen molar-refractivity contribution < 1.29 is 14.2 Å². The second-order valence-electron chi connectivity index (χ2n) is 7.73. The molecule has 3 fully saturated rings. The zero-order chi connectivity index (χ0) is 18.8. The lowest BCUT2D eigenvalue weighted by Gasteiger charge is -2.50. The highest BCUT2D eigenvalue weighted by atomic mass is 16.5. The Bertz CT molecular complexity index is 751. The number of piperidine rings is 2. The molecule has 2 bridgehead atoms. The molecule has 4 nitrogen and oxygen atoms in total. The van der Waals surface area contributed by atoms with E-state index in [1.54, 1.807) is 21.3 Å². The van der Waals surface area contributed by atoms with Crippen molar-refractivity contribution in [2.24, 2.45) is 5.92 Å². The SMILES string of the molecule is COc1cc(C2CC3CCC2N(Cc2ccccc2)C3)cc(OC)c1OC. The van der Waals surface area contributed by atoms with Gasteiger partial charge in [0, 0.05) is 25.0 Å². The molecular formula is C23H29NO3. The fourth-order valence-electron chi connectivity index (χ4n) is 4.99. The molecule has 5 rings (SSSR count). The van der Waals surface area contributed by atoms with E-state index in [-0.39, 0.29) is 0 Å². The summed E-state index contributed by atoms with van der Waals surface area (Å²) in [6, 6.07) is 15.7. The van der Waals surface area contributed by atoms with Gasteiger partial charge < -0.3 is 14.2 Å². The summed E-state index contributed by atoms with van der Waals surface area (Å²) in [5.41, 5.74) is 2.70. The molecule has 4 heteroatoms. The van der Waals surface area contributed by atoms with E-state index in [9.17, 15) is 0 Å². The summed E-state index contributed by atoms with van der Waals surface area (Å²) in [6.45, 7) is 2.24. The van der Waals surface area contributed by atoms with Crippen molar-refractivity contribution in [1.82, 2.24) is 4.90 Å². The Hall–Kier alpha value is -2.20. The number of methoxy groups -OCH3 is 3. The largest absolute Gasteiger partial charge is 0.493 e. The Labute approximate surface area is 162 Å². The molecule has 0 radical (unpaired) electrons. The standard InChI is InChI=1S/C23H29NO3/c1-25-21-12-18(13-22(26-2)23(21)27-3)19-11-17-9-10-20(19)24(15-17)14-16-7-5-4-6-8-16/h4-8,12-13,17,19-20H,9-11,14-15H2,1-3H3. The van der Waals surface area contributed by atoms with Gasteiger partial charge in [-0.2, -0.15) is 0 Å². The van der Waals surface area contributed by atoms with Crippen molar-refractivity contribution >= 4 is 0 Å². The molecule has 1 saturated carbocycles. The predicted molar refractivity (Wildman–Crippen MR) is 107 cm³/mol. The van der Waals surface area contributed by atoms with Crippen molar-refractivity contribution in [2.45, 2.75) is 37.8 Å². The van der Waals surface area contributed by atoms with Gasteiger partial charge in [0.2, 0.25) is 5.75 Å². The van der Waals surface area contributed by atoms with E-state index >= 15 is 0 Å². The highest BCUT2D eigenvalue weighted by Gasteiger charge is 2.41. The lowest BCUT2D eigenvalue weighted by atomic mass is 9.70. The number of hydrogen-bond acceptors (Lipinski definition) is 4. The molecule has 3 unspecified atom stereocenters. The van der Waals surface area contributed by atoms with Gasteiger partial charge in [-0.05, 0) is 48.4 Å². The summed E-state index contributed by atoms with van der Waals surface area (Å²) in [5.74, 6) is 3.45. The molecule has 0 amide bonds. The monoisotopic (exact) mass is 367 g/mol. The van der Waals surface area contributed by atoms with Crippen LogP contribution in [0.5, 0.6) is 17.2 Å². The van der Waals surface area contributed by atoms with Crippen molar-refractivity contribution in [3.63, 3.8) is 0 Å². The topological polar surface area (TPSA) is 30.9 Å². The van der Waals surface area contributed by atoms with Gasteiger partial charge in [0.25, 0.3) is 0 Å². The Morgan fingerprint density at radius 3 is 2.22 bits per heavy atom. The quantitative estimate of drug-likeness (QED) is 0.753. The number of ether oxygens (including phenoxy) is 3. The average Bonchev–Trinajstić information content (AvgIpc) is 2.73. The summed E-state index contributed by atoms with van der Waals surface area (Å²) < 4.78 is 16.7. The van der Waals surface area contributed by atoms with E-state index in [2.05, 4.69) is 47.4 Å². The summed E-state index contributed by atoms with van der Waals surface area (Å²) >= 11 is 0. The fraction of sp³-hybridized carbons (Fsp3) is 0.478. The van der Waals surface area contributed by atoms with Crippen LogP contribution in [0.25, 0.3) is 0 Å². The third kappa shape index (κ3) is 3.51. The van der Waals surface area contributed by atoms with E-state index in [1.807, 2.05) is 0 Å². The molecule has 2 aromatic carbocycles. The van der Waals surface area contributed by atoms with E-state index in [1.165, 1.54) is 36.9 Å². The maximum atomic E-state index is 5.59. The van der Waals surface area contributed by atoms with Crippen LogP contribution in [-0.4, -0.2) is 38.8 Å².